The molecule has 0 aromatic carbocycles. The average molecular weight is 212 g/mol. The summed E-state index contributed by atoms with van der Waals surface area (Å²) in [5, 5.41) is 13.0. The van der Waals surface area contributed by atoms with E-state index in [9.17, 15) is 5.11 Å². The maximum absolute atomic E-state index is 9.32. The molecular formula is C12H24N2O. The van der Waals surface area contributed by atoms with E-state index in [2.05, 4.69) is 24.1 Å². The van der Waals surface area contributed by atoms with Gasteiger partial charge in [-0.05, 0) is 31.7 Å². The Labute approximate surface area is 92.8 Å². The van der Waals surface area contributed by atoms with Crippen molar-refractivity contribution in [2.75, 3.05) is 19.7 Å². The molecule has 0 aromatic heterocycles. The van der Waals surface area contributed by atoms with Crippen molar-refractivity contribution in [1.29, 1.82) is 0 Å². The molecule has 2 fully saturated rings. The molecule has 0 radical (unpaired) electrons. The van der Waals surface area contributed by atoms with E-state index >= 15 is 0 Å². The summed E-state index contributed by atoms with van der Waals surface area (Å²) in [5.74, 6) is 0.519. The highest BCUT2D eigenvalue weighted by molar-refractivity contribution is 4.96. The van der Waals surface area contributed by atoms with E-state index < -0.39 is 0 Å². The van der Waals surface area contributed by atoms with Crippen LogP contribution in [0.2, 0.25) is 0 Å². The van der Waals surface area contributed by atoms with E-state index in [1.165, 1.54) is 32.4 Å². The van der Waals surface area contributed by atoms with Gasteiger partial charge in [-0.2, -0.15) is 0 Å². The van der Waals surface area contributed by atoms with Crippen LogP contribution in [-0.2, 0) is 0 Å². The Balaban J connectivity index is 1.88. The van der Waals surface area contributed by atoms with Crippen LogP contribution in [0.25, 0.3) is 0 Å². The molecule has 2 heterocycles. The molecule has 3 heteroatoms. The van der Waals surface area contributed by atoms with Crippen molar-refractivity contribution < 1.29 is 5.11 Å². The zero-order chi connectivity index (χ0) is 10.8. The topological polar surface area (TPSA) is 35.5 Å². The molecule has 2 rings (SSSR count). The van der Waals surface area contributed by atoms with Crippen LogP contribution in [0.5, 0.6) is 0 Å². The first-order chi connectivity index (χ1) is 7.22. The van der Waals surface area contributed by atoms with Gasteiger partial charge in [0.1, 0.15) is 0 Å². The van der Waals surface area contributed by atoms with E-state index in [4.69, 9.17) is 0 Å². The fourth-order valence-electron chi connectivity index (χ4n) is 3.01. The number of fused-ring (bicyclic) bond motifs is 1. The minimum Gasteiger partial charge on any atom is -0.395 e. The molecule has 0 aliphatic carbocycles. The fraction of sp³-hybridized carbons (Fsp3) is 1.00. The van der Waals surface area contributed by atoms with E-state index in [0.717, 1.165) is 6.04 Å². The summed E-state index contributed by atoms with van der Waals surface area (Å²) in [5.41, 5.74) is 0. The first kappa shape index (κ1) is 11.4. The smallest absolute Gasteiger partial charge is 0.0587 e. The first-order valence-electron chi connectivity index (χ1n) is 6.33. The third kappa shape index (κ3) is 2.35. The molecule has 3 unspecified atom stereocenters. The number of hydrogen-bond donors (Lipinski definition) is 2. The van der Waals surface area contributed by atoms with Gasteiger partial charge in [-0.15, -0.1) is 0 Å². The summed E-state index contributed by atoms with van der Waals surface area (Å²) in [6.45, 7) is 7.15. The lowest BCUT2D eigenvalue weighted by atomic mass is 10.0. The third-order valence-corrected chi connectivity index (χ3v) is 4.04. The number of hydrogen-bond acceptors (Lipinski definition) is 3. The van der Waals surface area contributed by atoms with Gasteiger partial charge in [0.25, 0.3) is 0 Å². The monoisotopic (exact) mass is 212 g/mol. The lowest BCUT2D eigenvalue weighted by Gasteiger charge is -2.28. The molecule has 0 bridgehead atoms. The van der Waals surface area contributed by atoms with Crippen LogP contribution in [0.3, 0.4) is 0 Å². The fourth-order valence-corrected chi connectivity index (χ4v) is 3.01. The highest BCUT2D eigenvalue weighted by Gasteiger charge is 2.37. The minimum absolute atomic E-state index is 0.265. The van der Waals surface area contributed by atoms with Gasteiger partial charge < -0.3 is 10.4 Å². The summed E-state index contributed by atoms with van der Waals surface area (Å²) in [4.78, 5) is 2.60. The lowest BCUT2D eigenvalue weighted by molar-refractivity contribution is 0.188. The summed E-state index contributed by atoms with van der Waals surface area (Å²) in [6.07, 6.45) is 3.95. The van der Waals surface area contributed by atoms with Gasteiger partial charge in [0.2, 0.25) is 0 Å². The Morgan fingerprint density at radius 2 is 2.13 bits per heavy atom. The number of rotatable bonds is 4. The molecule has 0 aromatic rings. The Morgan fingerprint density at radius 3 is 2.80 bits per heavy atom. The maximum atomic E-state index is 9.32. The van der Waals surface area contributed by atoms with Gasteiger partial charge in [0, 0.05) is 24.7 Å². The van der Waals surface area contributed by atoms with Crippen LogP contribution < -0.4 is 5.32 Å². The third-order valence-electron chi connectivity index (χ3n) is 4.04. The highest BCUT2D eigenvalue weighted by atomic mass is 16.3. The molecule has 2 aliphatic rings. The number of aliphatic hydroxyl groups excluding tert-OH is 1. The Hall–Kier alpha value is -0.120. The SMILES string of the molecule is CC(C)C(CO)NC1CCN2CCCC12. The second-order valence-electron chi connectivity index (χ2n) is 5.34. The van der Waals surface area contributed by atoms with E-state index in [0.29, 0.717) is 12.0 Å². The van der Waals surface area contributed by atoms with Gasteiger partial charge in [0.15, 0.2) is 0 Å². The van der Waals surface area contributed by atoms with Crippen LogP contribution in [0, 0.1) is 5.92 Å². The number of nitrogens with one attached hydrogen (secondary N) is 1. The quantitative estimate of drug-likeness (QED) is 0.724. The lowest BCUT2D eigenvalue weighted by Crippen LogP contribution is -2.48. The van der Waals surface area contributed by atoms with Gasteiger partial charge in [-0.25, -0.2) is 0 Å². The Kier molecular flexibility index (Phi) is 3.65. The second kappa shape index (κ2) is 4.81. The largest absolute Gasteiger partial charge is 0.395 e. The summed E-state index contributed by atoms with van der Waals surface area (Å²) in [7, 11) is 0. The van der Waals surface area contributed by atoms with E-state index in [-0.39, 0.29) is 12.6 Å². The molecule has 15 heavy (non-hydrogen) atoms. The molecule has 0 amide bonds. The molecular weight excluding hydrogens is 188 g/mol. The van der Waals surface area contributed by atoms with Crippen LogP contribution >= 0.6 is 0 Å². The zero-order valence-electron chi connectivity index (χ0n) is 9.95. The molecule has 2 N–H and O–H groups in total. The minimum atomic E-state index is 0.265. The van der Waals surface area contributed by atoms with Crippen LogP contribution in [0.1, 0.15) is 33.1 Å². The predicted molar refractivity (Wildman–Crippen MR) is 61.8 cm³/mol. The van der Waals surface area contributed by atoms with Crippen molar-refractivity contribution in [3.05, 3.63) is 0 Å². The first-order valence-corrected chi connectivity index (χ1v) is 6.33. The van der Waals surface area contributed by atoms with Crippen molar-refractivity contribution in [2.24, 2.45) is 5.92 Å². The standard InChI is InChI=1S/C12H24N2O/c1-9(2)11(8-15)13-10-5-7-14-6-3-4-12(10)14/h9-13,15H,3-8H2,1-2H3. The summed E-state index contributed by atoms with van der Waals surface area (Å²) >= 11 is 0. The zero-order valence-corrected chi connectivity index (χ0v) is 9.95. The van der Waals surface area contributed by atoms with Crippen molar-refractivity contribution >= 4 is 0 Å². The van der Waals surface area contributed by atoms with Crippen LogP contribution in [0.15, 0.2) is 0 Å². The second-order valence-corrected chi connectivity index (χ2v) is 5.34. The van der Waals surface area contributed by atoms with Gasteiger partial charge in [0.05, 0.1) is 6.61 Å². The highest BCUT2D eigenvalue weighted by Crippen LogP contribution is 2.28. The molecule has 3 nitrogen and oxygen atoms in total. The van der Waals surface area contributed by atoms with Gasteiger partial charge in [-0.3, -0.25) is 4.90 Å². The molecule has 2 aliphatic heterocycles. The maximum Gasteiger partial charge on any atom is 0.0587 e. The predicted octanol–water partition coefficient (Wildman–Crippen LogP) is 0.830. The van der Waals surface area contributed by atoms with Crippen LogP contribution in [0.4, 0.5) is 0 Å². The molecule has 0 saturated carbocycles. The van der Waals surface area contributed by atoms with Crippen molar-refractivity contribution in [2.45, 2.75) is 51.2 Å². The molecule has 88 valence electrons. The van der Waals surface area contributed by atoms with Crippen molar-refractivity contribution in [3.8, 4) is 0 Å². The summed E-state index contributed by atoms with van der Waals surface area (Å²) < 4.78 is 0. The van der Waals surface area contributed by atoms with E-state index in [1.807, 2.05) is 0 Å². The number of aliphatic hydroxyl groups is 1. The Bertz CT molecular complexity index is 208. The van der Waals surface area contributed by atoms with Crippen molar-refractivity contribution in [1.82, 2.24) is 10.2 Å². The normalized spacial score (nSPS) is 33.6. The number of nitrogens with zero attached hydrogens (tertiary/aromatic N) is 1. The van der Waals surface area contributed by atoms with Gasteiger partial charge in [-0.1, -0.05) is 13.8 Å². The average Bonchev–Trinajstić information content (AvgIpc) is 2.76. The Morgan fingerprint density at radius 1 is 1.33 bits per heavy atom. The molecule has 0 spiro atoms. The molecule has 2 saturated heterocycles. The van der Waals surface area contributed by atoms with Crippen LogP contribution in [-0.4, -0.2) is 47.8 Å². The summed E-state index contributed by atoms with van der Waals surface area (Å²) in [6, 6.07) is 1.64. The van der Waals surface area contributed by atoms with Crippen molar-refractivity contribution in [3.63, 3.8) is 0 Å². The van der Waals surface area contributed by atoms with E-state index in [1.54, 1.807) is 0 Å². The van der Waals surface area contributed by atoms with Gasteiger partial charge >= 0.3 is 0 Å². The molecule has 3 atom stereocenters.